The smallest absolute Gasteiger partial charge is 0.243 e. The second-order valence-corrected chi connectivity index (χ2v) is 6.90. The van der Waals surface area contributed by atoms with Gasteiger partial charge in [0.2, 0.25) is 11.7 Å². The molecule has 1 aromatic heterocycles. The first-order valence-corrected chi connectivity index (χ1v) is 8.68. The Morgan fingerprint density at radius 2 is 2.08 bits per heavy atom. The van der Waals surface area contributed by atoms with Gasteiger partial charge in [0.25, 0.3) is 0 Å². The van der Waals surface area contributed by atoms with Crippen LogP contribution in [-0.2, 0) is 11.3 Å². The van der Waals surface area contributed by atoms with E-state index in [1.807, 2.05) is 31.2 Å². The average Bonchev–Trinajstić information content (AvgIpc) is 3.00. The summed E-state index contributed by atoms with van der Waals surface area (Å²) in [6.07, 6.45) is 3.48. The number of nitrogens with one attached hydrogen (secondary N) is 1. The average molecular weight is 327 g/mol. The molecular formula is C18H25N5O. The number of rotatable bonds is 4. The molecule has 1 amide bonds. The molecular weight excluding hydrogens is 302 g/mol. The summed E-state index contributed by atoms with van der Waals surface area (Å²) >= 11 is 0. The summed E-state index contributed by atoms with van der Waals surface area (Å²) in [5, 5.41) is 15.6. The Morgan fingerprint density at radius 1 is 1.29 bits per heavy atom. The molecule has 1 heterocycles. The van der Waals surface area contributed by atoms with Gasteiger partial charge in [0, 0.05) is 11.6 Å². The van der Waals surface area contributed by atoms with Crippen LogP contribution in [0.4, 0.5) is 0 Å². The quantitative estimate of drug-likeness (QED) is 0.937. The second-order valence-electron chi connectivity index (χ2n) is 6.90. The number of benzene rings is 1. The minimum Gasteiger partial charge on any atom is -0.351 e. The molecule has 24 heavy (non-hydrogen) atoms. The number of amides is 1. The molecule has 0 spiro atoms. The summed E-state index contributed by atoms with van der Waals surface area (Å²) in [5.41, 5.74) is 2.03. The van der Waals surface area contributed by atoms with Gasteiger partial charge in [-0.05, 0) is 36.0 Å². The maximum atomic E-state index is 12.3. The molecule has 1 fully saturated rings. The van der Waals surface area contributed by atoms with Gasteiger partial charge in [-0.25, -0.2) is 0 Å². The molecule has 128 valence electrons. The predicted molar refractivity (Wildman–Crippen MR) is 92.1 cm³/mol. The van der Waals surface area contributed by atoms with Crippen LogP contribution in [0, 0.1) is 18.8 Å². The normalized spacial score (nSPS) is 23.9. The topological polar surface area (TPSA) is 72.7 Å². The molecule has 1 aliphatic rings. The lowest BCUT2D eigenvalue weighted by molar-refractivity contribution is -0.123. The van der Waals surface area contributed by atoms with E-state index in [0.29, 0.717) is 17.7 Å². The zero-order chi connectivity index (χ0) is 17.1. The van der Waals surface area contributed by atoms with Crippen molar-refractivity contribution in [3.63, 3.8) is 0 Å². The Morgan fingerprint density at radius 3 is 2.88 bits per heavy atom. The molecule has 1 aromatic carbocycles. The number of aryl methyl sites for hydroxylation is 1. The molecule has 6 heteroatoms. The van der Waals surface area contributed by atoms with Gasteiger partial charge in [0.1, 0.15) is 6.54 Å². The number of tetrazole rings is 1. The lowest BCUT2D eigenvalue weighted by Gasteiger charge is -2.34. The molecule has 1 aliphatic carbocycles. The van der Waals surface area contributed by atoms with Crippen molar-refractivity contribution in [3.05, 3.63) is 29.8 Å². The number of nitrogens with zero attached hydrogens (tertiary/aromatic N) is 4. The summed E-state index contributed by atoms with van der Waals surface area (Å²) in [7, 11) is 0. The summed E-state index contributed by atoms with van der Waals surface area (Å²) < 4.78 is 0. The van der Waals surface area contributed by atoms with Crippen molar-refractivity contribution in [2.45, 2.75) is 52.6 Å². The van der Waals surface area contributed by atoms with Gasteiger partial charge >= 0.3 is 0 Å². The van der Waals surface area contributed by atoms with Gasteiger partial charge in [0.05, 0.1) is 0 Å². The van der Waals surface area contributed by atoms with Crippen LogP contribution in [0.25, 0.3) is 11.4 Å². The number of carbonyl (C=O) groups is 1. The molecule has 3 atom stereocenters. The SMILES string of the molecule is Cc1ccccc1-c1nnn(CC(=O)N[C@H]2CCC[C@@H](C)[C@H]2C)n1. The number of aromatic nitrogens is 4. The maximum absolute atomic E-state index is 12.3. The van der Waals surface area contributed by atoms with Crippen molar-refractivity contribution in [2.24, 2.45) is 11.8 Å². The fourth-order valence-corrected chi connectivity index (χ4v) is 3.41. The minimum atomic E-state index is -0.0466. The lowest BCUT2D eigenvalue weighted by Crippen LogP contribution is -2.45. The van der Waals surface area contributed by atoms with E-state index in [4.69, 9.17) is 0 Å². The largest absolute Gasteiger partial charge is 0.351 e. The van der Waals surface area contributed by atoms with Crippen LogP contribution in [0.15, 0.2) is 24.3 Å². The second kappa shape index (κ2) is 7.11. The summed E-state index contributed by atoms with van der Waals surface area (Å²) in [4.78, 5) is 13.7. The molecule has 2 aromatic rings. The third-order valence-electron chi connectivity index (χ3n) is 5.18. The molecule has 6 nitrogen and oxygen atoms in total. The third-order valence-corrected chi connectivity index (χ3v) is 5.18. The van der Waals surface area contributed by atoms with Crippen LogP contribution in [0.1, 0.15) is 38.7 Å². The van der Waals surface area contributed by atoms with Gasteiger partial charge in [-0.1, -0.05) is 51.0 Å². The zero-order valence-corrected chi connectivity index (χ0v) is 14.6. The molecule has 0 aliphatic heterocycles. The summed E-state index contributed by atoms with van der Waals surface area (Å²) in [6.45, 7) is 6.60. The first kappa shape index (κ1) is 16.6. The number of hydrogen-bond acceptors (Lipinski definition) is 4. The highest BCUT2D eigenvalue weighted by Crippen LogP contribution is 2.29. The zero-order valence-electron chi connectivity index (χ0n) is 14.6. The van der Waals surface area contributed by atoms with Crippen LogP contribution in [0.2, 0.25) is 0 Å². The van der Waals surface area contributed by atoms with Gasteiger partial charge in [-0.15, -0.1) is 10.2 Å². The van der Waals surface area contributed by atoms with Crippen LogP contribution in [0.5, 0.6) is 0 Å². The van der Waals surface area contributed by atoms with Crippen molar-refractivity contribution in [1.82, 2.24) is 25.5 Å². The Labute approximate surface area is 142 Å². The fraction of sp³-hybridized carbons (Fsp3) is 0.556. The first-order chi connectivity index (χ1) is 11.5. The predicted octanol–water partition coefficient (Wildman–Crippen LogP) is 2.59. The monoisotopic (exact) mass is 327 g/mol. The standard InChI is InChI=1S/C18H25N5O/c1-12-8-6-10-16(14(12)3)19-17(24)11-23-21-18(20-22-23)15-9-5-4-7-13(15)2/h4-5,7,9,12,14,16H,6,8,10-11H2,1-3H3,(H,19,24)/t12-,14-,16+/m1/s1. The van der Waals surface area contributed by atoms with Gasteiger partial charge in [-0.2, -0.15) is 4.80 Å². The molecule has 1 N–H and O–H groups in total. The Balaban J connectivity index is 1.62. The van der Waals surface area contributed by atoms with Crippen LogP contribution in [0.3, 0.4) is 0 Å². The van der Waals surface area contributed by atoms with Gasteiger partial charge in [-0.3, -0.25) is 4.79 Å². The van der Waals surface area contributed by atoms with Crippen LogP contribution >= 0.6 is 0 Å². The molecule has 3 rings (SSSR count). The van der Waals surface area contributed by atoms with E-state index >= 15 is 0 Å². The number of hydrogen-bond donors (Lipinski definition) is 1. The van der Waals surface area contributed by atoms with E-state index < -0.39 is 0 Å². The van der Waals surface area contributed by atoms with Crippen LogP contribution < -0.4 is 5.32 Å². The van der Waals surface area contributed by atoms with Gasteiger partial charge < -0.3 is 5.32 Å². The molecule has 0 bridgehead atoms. The van der Waals surface area contributed by atoms with E-state index in [1.165, 1.54) is 17.6 Å². The van der Waals surface area contributed by atoms with Crippen molar-refractivity contribution in [1.29, 1.82) is 0 Å². The molecule has 0 saturated heterocycles. The van der Waals surface area contributed by atoms with E-state index in [0.717, 1.165) is 17.5 Å². The highest BCUT2D eigenvalue weighted by Gasteiger charge is 2.28. The van der Waals surface area contributed by atoms with Crippen LogP contribution in [-0.4, -0.2) is 32.2 Å². The van der Waals surface area contributed by atoms with Crippen molar-refractivity contribution < 1.29 is 4.79 Å². The molecule has 1 saturated carbocycles. The van der Waals surface area contributed by atoms with E-state index in [-0.39, 0.29) is 18.5 Å². The fourth-order valence-electron chi connectivity index (χ4n) is 3.41. The Hall–Kier alpha value is -2.24. The molecule has 0 unspecified atom stereocenters. The summed E-state index contributed by atoms with van der Waals surface area (Å²) in [5.74, 6) is 1.67. The Bertz CT molecular complexity index is 711. The van der Waals surface area contributed by atoms with E-state index in [1.54, 1.807) is 0 Å². The third kappa shape index (κ3) is 3.63. The molecule has 0 radical (unpaired) electrons. The lowest BCUT2D eigenvalue weighted by atomic mass is 9.78. The Kier molecular flexibility index (Phi) is 4.92. The highest BCUT2D eigenvalue weighted by molar-refractivity contribution is 5.75. The van der Waals surface area contributed by atoms with Crippen molar-refractivity contribution in [3.8, 4) is 11.4 Å². The van der Waals surface area contributed by atoms with E-state index in [9.17, 15) is 4.79 Å². The van der Waals surface area contributed by atoms with Crippen molar-refractivity contribution >= 4 is 5.91 Å². The highest BCUT2D eigenvalue weighted by atomic mass is 16.2. The first-order valence-electron chi connectivity index (χ1n) is 8.68. The summed E-state index contributed by atoms with van der Waals surface area (Å²) in [6, 6.07) is 8.14. The maximum Gasteiger partial charge on any atom is 0.243 e. The van der Waals surface area contributed by atoms with Gasteiger partial charge in [0.15, 0.2) is 0 Å². The number of carbonyl (C=O) groups excluding carboxylic acids is 1. The minimum absolute atomic E-state index is 0.0466. The van der Waals surface area contributed by atoms with Crippen molar-refractivity contribution in [2.75, 3.05) is 0 Å². The van der Waals surface area contributed by atoms with E-state index in [2.05, 4.69) is 34.6 Å².